The molecule has 1 rings (SSSR count). The fourth-order valence-electron chi connectivity index (χ4n) is 1.30. The smallest absolute Gasteiger partial charge is 0.319 e. The number of aliphatic hydroxyl groups excluding tert-OH is 1. The van der Waals surface area contributed by atoms with E-state index in [-0.39, 0.29) is 17.9 Å². The zero-order chi connectivity index (χ0) is 14.4. The van der Waals surface area contributed by atoms with Crippen molar-refractivity contribution in [1.82, 2.24) is 5.32 Å². The topological polar surface area (TPSA) is 114 Å². The van der Waals surface area contributed by atoms with Crippen molar-refractivity contribution in [2.75, 3.05) is 19.0 Å². The van der Waals surface area contributed by atoms with Crippen LogP contribution in [-0.4, -0.2) is 35.8 Å². The van der Waals surface area contributed by atoms with Crippen LogP contribution in [-0.2, 0) is 0 Å². The van der Waals surface area contributed by atoms with Crippen molar-refractivity contribution in [1.29, 1.82) is 0 Å². The highest BCUT2D eigenvalue weighted by atomic mass is 16.6. The number of methoxy groups -OCH3 is 1. The summed E-state index contributed by atoms with van der Waals surface area (Å²) in [5.41, 5.74) is -0.222. The number of amides is 2. The van der Waals surface area contributed by atoms with E-state index in [2.05, 4.69) is 10.6 Å². The summed E-state index contributed by atoms with van der Waals surface area (Å²) in [5.74, 6) is 0.321. The number of rotatable bonds is 5. The molecule has 0 aliphatic heterocycles. The Bertz CT molecular complexity index is 475. The van der Waals surface area contributed by atoms with Crippen LogP contribution >= 0.6 is 0 Å². The first-order valence-electron chi connectivity index (χ1n) is 5.49. The van der Waals surface area contributed by atoms with Gasteiger partial charge in [0.05, 0.1) is 24.2 Å². The molecule has 19 heavy (non-hydrogen) atoms. The Balaban J connectivity index is 2.82. The van der Waals surface area contributed by atoms with Crippen molar-refractivity contribution in [2.45, 2.75) is 13.0 Å². The molecule has 8 heteroatoms. The van der Waals surface area contributed by atoms with Crippen molar-refractivity contribution in [3.8, 4) is 5.75 Å². The molecule has 0 unspecified atom stereocenters. The normalized spacial score (nSPS) is 11.5. The molecule has 1 atom stereocenters. The standard InChI is InChI=1S/C11H15N3O5/c1-7(15)6-12-11(16)13-9-4-3-8(19-2)5-10(9)14(17)18/h3-5,7,15H,6H2,1-2H3,(H2,12,13,16)/t7-/m0/s1. The largest absolute Gasteiger partial charge is 0.496 e. The fraction of sp³-hybridized carbons (Fsp3) is 0.364. The number of nitro benzene ring substituents is 1. The molecule has 0 fully saturated rings. The Morgan fingerprint density at radius 1 is 1.58 bits per heavy atom. The Hall–Kier alpha value is -2.35. The number of hydrogen-bond acceptors (Lipinski definition) is 5. The summed E-state index contributed by atoms with van der Waals surface area (Å²) in [7, 11) is 1.39. The van der Waals surface area contributed by atoms with Crippen LogP contribution in [0.1, 0.15) is 6.92 Å². The molecule has 3 N–H and O–H groups in total. The second-order valence-electron chi connectivity index (χ2n) is 3.82. The summed E-state index contributed by atoms with van der Waals surface area (Å²) < 4.78 is 4.88. The molecule has 0 radical (unpaired) electrons. The number of nitro groups is 1. The number of ether oxygens (including phenoxy) is 1. The average molecular weight is 269 g/mol. The minimum atomic E-state index is -0.698. The third-order valence-corrected chi connectivity index (χ3v) is 2.21. The van der Waals surface area contributed by atoms with E-state index >= 15 is 0 Å². The number of carbonyl (C=O) groups is 1. The van der Waals surface area contributed by atoms with E-state index in [0.717, 1.165) is 0 Å². The highest BCUT2D eigenvalue weighted by Crippen LogP contribution is 2.28. The molecule has 0 saturated carbocycles. The van der Waals surface area contributed by atoms with Gasteiger partial charge in [0.2, 0.25) is 0 Å². The molecule has 0 aliphatic rings. The van der Waals surface area contributed by atoms with Crippen LogP contribution in [0, 0.1) is 10.1 Å². The van der Waals surface area contributed by atoms with Gasteiger partial charge < -0.3 is 20.5 Å². The maximum absolute atomic E-state index is 11.5. The van der Waals surface area contributed by atoms with Gasteiger partial charge in [-0.1, -0.05) is 0 Å². The molecule has 1 aromatic carbocycles. The molecule has 0 heterocycles. The van der Waals surface area contributed by atoms with Gasteiger partial charge >= 0.3 is 6.03 Å². The van der Waals surface area contributed by atoms with Crippen molar-refractivity contribution in [2.24, 2.45) is 0 Å². The summed E-state index contributed by atoms with van der Waals surface area (Å²) >= 11 is 0. The molecule has 0 spiro atoms. The van der Waals surface area contributed by atoms with Gasteiger partial charge in [-0.05, 0) is 19.1 Å². The number of carbonyl (C=O) groups excluding carboxylic acids is 1. The van der Waals surface area contributed by atoms with Gasteiger partial charge in [0.1, 0.15) is 11.4 Å². The zero-order valence-electron chi connectivity index (χ0n) is 10.5. The Morgan fingerprint density at radius 3 is 2.79 bits per heavy atom. The Labute approximate surface area is 109 Å². The maximum Gasteiger partial charge on any atom is 0.319 e. The molecule has 1 aromatic rings. The Kier molecular flexibility index (Phi) is 5.07. The first kappa shape index (κ1) is 14.7. The predicted octanol–water partition coefficient (Wildman–Crippen LogP) is 1.11. The second kappa shape index (κ2) is 6.55. The third-order valence-electron chi connectivity index (χ3n) is 2.21. The number of anilines is 1. The molecule has 0 saturated heterocycles. The van der Waals surface area contributed by atoms with Crippen molar-refractivity contribution >= 4 is 17.4 Å². The monoisotopic (exact) mass is 269 g/mol. The summed E-state index contributed by atoms with van der Waals surface area (Å²) in [6.07, 6.45) is -0.698. The van der Waals surface area contributed by atoms with Gasteiger partial charge in [0.25, 0.3) is 5.69 Å². The molecular weight excluding hydrogens is 254 g/mol. The first-order chi connectivity index (χ1) is 8.93. The van der Waals surface area contributed by atoms with Crippen LogP contribution < -0.4 is 15.4 Å². The van der Waals surface area contributed by atoms with Crippen molar-refractivity contribution in [3.63, 3.8) is 0 Å². The van der Waals surface area contributed by atoms with Gasteiger partial charge in [-0.15, -0.1) is 0 Å². The van der Waals surface area contributed by atoms with E-state index in [1.165, 1.54) is 32.2 Å². The molecule has 0 aromatic heterocycles. The number of aliphatic hydroxyl groups is 1. The van der Waals surface area contributed by atoms with Crippen molar-refractivity contribution < 1.29 is 19.6 Å². The van der Waals surface area contributed by atoms with Gasteiger partial charge in [-0.25, -0.2) is 4.79 Å². The van der Waals surface area contributed by atoms with Gasteiger partial charge in [-0.2, -0.15) is 0 Å². The SMILES string of the molecule is COc1ccc(NC(=O)NC[C@H](C)O)c([N+](=O)[O-])c1. The summed E-state index contributed by atoms with van der Waals surface area (Å²) in [4.78, 5) is 21.7. The molecule has 0 bridgehead atoms. The van der Waals surface area contributed by atoms with Crippen molar-refractivity contribution in [3.05, 3.63) is 28.3 Å². The third kappa shape index (κ3) is 4.43. The first-order valence-corrected chi connectivity index (χ1v) is 5.49. The number of benzene rings is 1. The van der Waals surface area contributed by atoms with E-state index < -0.39 is 17.1 Å². The molecule has 8 nitrogen and oxygen atoms in total. The van der Waals surface area contributed by atoms with Crippen LogP contribution in [0.25, 0.3) is 0 Å². The lowest BCUT2D eigenvalue weighted by Crippen LogP contribution is -2.34. The van der Waals surface area contributed by atoms with Gasteiger partial charge in [0, 0.05) is 6.54 Å². The minimum absolute atomic E-state index is 0.0499. The Morgan fingerprint density at radius 2 is 2.26 bits per heavy atom. The molecule has 0 aliphatic carbocycles. The lowest BCUT2D eigenvalue weighted by Gasteiger charge is -2.10. The average Bonchev–Trinajstić information content (AvgIpc) is 2.36. The van der Waals surface area contributed by atoms with Crippen LogP contribution in [0.15, 0.2) is 18.2 Å². The maximum atomic E-state index is 11.5. The predicted molar refractivity (Wildman–Crippen MR) is 68.4 cm³/mol. The lowest BCUT2D eigenvalue weighted by atomic mass is 10.2. The summed E-state index contributed by atoms with van der Waals surface area (Å²) in [5, 5.41) is 24.6. The lowest BCUT2D eigenvalue weighted by molar-refractivity contribution is -0.384. The summed E-state index contributed by atoms with van der Waals surface area (Å²) in [6.45, 7) is 1.56. The summed E-state index contributed by atoms with van der Waals surface area (Å²) in [6, 6.07) is 3.45. The highest BCUT2D eigenvalue weighted by Gasteiger charge is 2.17. The van der Waals surface area contributed by atoms with E-state index in [1.807, 2.05) is 0 Å². The minimum Gasteiger partial charge on any atom is -0.496 e. The zero-order valence-corrected chi connectivity index (χ0v) is 10.5. The van der Waals surface area contributed by atoms with E-state index in [1.54, 1.807) is 0 Å². The number of hydrogen-bond donors (Lipinski definition) is 3. The van der Waals surface area contributed by atoms with E-state index in [4.69, 9.17) is 9.84 Å². The fourth-order valence-corrected chi connectivity index (χ4v) is 1.30. The molecule has 2 amide bonds. The van der Waals surface area contributed by atoms with Gasteiger partial charge in [-0.3, -0.25) is 10.1 Å². The van der Waals surface area contributed by atoms with Crippen LogP contribution in [0.4, 0.5) is 16.2 Å². The van der Waals surface area contributed by atoms with Crippen LogP contribution in [0.5, 0.6) is 5.75 Å². The molecular formula is C11H15N3O5. The second-order valence-corrected chi connectivity index (χ2v) is 3.82. The number of nitrogens with zero attached hydrogens (tertiary/aromatic N) is 1. The molecule has 104 valence electrons. The number of urea groups is 1. The van der Waals surface area contributed by atoms with Crippen LogP contribution in [0.2, 0.25) is 0 Å². The quantitative estimate of drug-likeness (QED) is 0.547. The number of nitrogens with one attached hydrogen (secondary N) is 2. The van der Waals surface area contributed by atoms with E-state index in [0.29, 0.717) is 5.75 Å². The highest BCUT2D eigenvalue weighted by molar-refractivity contribution is 5.92. The van der Waals surface area contributed by atoms with Crippen LogP contribution in [0.3, 0.4) is 0 Å². The van der Waals surface area contributed by atoms with Gasteiger partial charge in [0.15, 0.2) is 0 Å². The van der Waals surface area contributed by atoms with E-state index in [9.17, 15) is 14.9 Å².